The first-order valence-electron chi connectivity index (χ1n) is 7.52. The van der Waals surface area contributed by atoms with Gasteiger partial charge >= 0.3 is 0 Å². The summed E-state index contributed by atoms with van der Waals surface area (Å²) < 4.78 is 5.90. The maximum atomic E-state index is 12.3. The van der Waals surface area contributed by atoms with E-state index in [1.165, 1.54) is 0 Å². The first-order valence-corrected chi connectivity index (χ1v) is 7.52. The third-order valence-corrected chi connectivity index (χ3v) is 3.87. The van der Waals surface area contributed by atoms with E-state index in [0.29, 0.717) is 12.3 Å². The number of nitrogens with one attached hydrogen (secondary N) is 1. The molecule has 3 heteroatoms. The van der Waals surface area contributed by atoms with Crippen LogP contribution in [0.5, 0.6) is 0 Å². The molecule has 0 unspecified atom stereocenters. The van der Waals surface area contributed by atoms with E-state index in [-0.39, 0.29) is 5.91 Å². The van der Waals surface area contributed by atoms with Crippen molar-refractivity contribution in [2.75, 3.05) is 6.54 Å². The van der Waals surface area contributed by atoms with Crippen molar-refractivity contribution in [2.45, 2.75) is 20.3 Å². The Morgan fingerprint density at radius 3 is 2.82 bits per heavy atom. The molecule has 0 fully saturated rings. The Morgan fingerprint density at radius 2 is 2.00 bits per heavy atom. The number of aryl methyl sites for hydroxylation is 1. The smallest absolute Gasteiger partial charge is 0.287 e. The van der Waals surface area contributed by atoms with Crippen molar-refractivity contribution in [3.63, 3.8) is 0 Å². The Hall–Kier alpha value is -2.55. The van der Waals surface area contributed by atoms with Crippen LogP contribution in [0.3, 0.4) is 0 Å². The summed E-state index contributed by atoms with van der Waals surface area (Å²) in [6, 6.07) is 12.1. The Kier molecular flexibility index (Phi) is 3.96. The van der Waals surface area contributed by atoms with Crippen LogP contribution in [-0.4, -0.2) is 12.5 Å². The fourth-order valence-corrected chi connectivity index (χ4v) is 2.68. The lowest BCUT2D eigenvalue weighted by molar-refractivity contribution is 0.0928. The SMILES string of the molecule is C/C=C/CCNC(=O)c1oc2c(ccc3ccccc32)c1C. The van der Waals surface area contributed by atoms with E-state index >= 15 is 0 Å². The van der Waals surface area contributed by atoms with E-state index in [1.54, 1.807) is 0 Å². The molecule has 0 aliphatic carbocycles. The number of rotatable bonds is 4. The number of hydrogen-bond acceptors (Lipinski definition) is 2. The first-order chi connectivity index (χ1) is 10.7. The van der Waals surface area contributed by atoms with Gasteiger partial charge in [-0.05, 0) is 25.7 Å². The van der Waals surface area contributed by atoms with Gasteiger partial charge in [0, 0.05) is 22.9 Å². The molecule has 0 saturated carbocycles. The number of carbonyl (C=O) groups excluding carboxylic acids is 1. The van der Waals surface area contributed by atoms with Gasteiger partial charge in [0.05, 0.1) is 0 Å². The van der Waals surface area contributed by atoms with Crippen LogP contribution in [0.4, 0.5) is 0 Å². The summed E-state index contributed by atoms with van der Waals surface area (Å²) in [4.78, 5) is 12.3. The molecule has 0 saturated heterocycles. The molecule has 1 amide bonds. The van der Waals surface area contributed by atoms with Crippen LogP contribution in [0.25, 0.3) is 21.7 Å². The van der Waals surface area contributed by atoms with Crippen molar-refractivity contribution in [1.29, 1.82) is 0 Å². The van der Waals surface area contributed by atoms with Crippen molar-refractivity contribution in [1.82, 2.24) is 5.32 Å². The average Bonchev–Trinajstić information content (AvgIpc) is 2.89. The van der Waals surface area contributed by atoms with Crippen LogP contribution in [0.1, 0.15) is 29.5 Å². The summed E-state index contributed by atoms with van der Waals surface area (Å²) in [5.41, 5.74) is 1.68. The van der Waals surface area contributed by atoms with Crippen LogP contribution < -0.4 is 5.32 Å². The molecule has 112 valence electrons. The van der Waals surface area contributed by atoms with Crippen molar-refractivity contribution in [3.05, 3.63) is 59.9 Å². The summed E-state index contributed by atoms with van der Waals surface area (Å²) in [5.74, 6) is 0.258. The topological polar surface area (TPSA) is 42.2 Å². The second kappa shape index (κ2) is 6.06. The lowest BCUT2D eigenvalue weighted by Crippen LogP contribution is -2.24. The molecule has 0 atom stereocenters. The van der Waals surface area contributed by atoms with Gasteiger partial charge in [0.15, 0.2) is 5.76 Å². The molecule has 3 aromatic rings. The van der Waals surface area contributed by atoms with Crippen molar-refractivity contribution >= 4 is 27.6 Å². The molecule has 0 radical (unpaired) electrons. The van der Waals surface area contributed by atoms with Crippen LogP contribution in [0, 0.1) is 6.92 Å². The number of fused-ring (bicyclic) bond motifs is 3. The average molecular weight is 293 g/mol. The van der Waals surface area contributed by atoms with E-state index in [0.717, 1.165) is 33.7 Å². The lowest BCUT2D eigenvalue weighted by Gasteiger charge is -2.01. The molecule has 0 bridgehead atoms. The molecule has 22 heavy (non-hydrogen) atoms. The zero-order valence-corrected chi connectivity index (χ0v) is 12.8. The van der Waals surface area contributed by atoms with Crippen LogP contribution in [0.15, 0.2) is 53.0 Å². The summed E-state index contributed by atoms with van der Waals surface area (Å²) in [7, 11) is 0. The van der Waals surface area contributed by atoms with Crippen LogP contribution >= 0.6 is 0 Å². The molecule has 0 spiro atoms. The Labute approximate surface area is 129 Å². The van der Waals surface area contributed by atoms with Gasteiger partial charge in [0.1, 0.15) is 5.58 Å². The highest BCUT2D eigenvalue weighted by atomic mass is 16.3. The number of hydrogen-bond donors (Lipinski definition) is 1. The highest BCUT2D eigenvalue weighted by molar-refractivity contribution is 6.08. The maximum Gasteiger partial charge on any atom is 0.287 e. The second-order valence-electron chi connectivity index (χ2n) is 5.33. The first kappa shape index (κ1) is 14.4. The second-order valence-corrected chi connectivity index (χ2v) is 5.33. The lowest BCUT2D eigenvalue weighted by atomic mass is 10.1. The van der Waals surface area contributed by atoms with Crippen molar-refractivity contribution in [3.8, 4) is 0 Å². The molecular formula is C19H19NO2. The normalized spacial score (nSPS) is 11.5. The fraction of sp³-hybridized carbons (Fsp3) is 0.211. The van der Waals surface area contributed by atoms with Gasteiger partial charge in [-0.25, -0.2) is 0 Å². The molecule has 1 aromatic heterocycles. The molecule has 0 aliphatic rings. The summed E-state index contributed by atoms with van der Waals surface area (Å²) >= 11 is 0. The minimum Gasteiger partial charge on any atom is -0.450 e. The third kappa shape index (κ3) is 2.50. The van der Waals surface area contributed by atoms with Gasteiger partial charge < -0.3 is 9.73 Å². The van der Waals surface area contributed by atoms with E-state index in [2.05, 4.69) is 11.4 Å². The Bertz CT molecular complexity index is 858. The number of allylic oxidation sites excluding steroid dienone is 1. The van der Waals surface area contributed by atoms with Gasteiger partial charge in [0.2, 0.25) is 0 Å². The number of benzene rings is 2. The van der Waals surface area contributed by atoms with Gasteiger partial charge in [-0.3, -0.25) is 4.79 Å². The highest BCUT2D eigenvalue weighted by Gasteiger charge is 2.18. The molecule has 1 heterocycles. The quantitative estimate of drug-likeness (QED) is 0.564. The Balaban J connectivity index is 1.98. The number of carbonyl (C=O) groups is 1. The maximum absolute atomic E-state index is 12.3. The fourth-order valence-electron chi connectivity index (χ4n) is 2.68. The molecule has 0 aliphatic heterocycles. The van der Waals surface area contributed by atoms with Crippen molar-refractivity contribution in [2.24, 2.45) is 0 Å². The summed E-state index contributed by atoms with van der Waals surface area (Å²) in [5, 5.41) is 6.05. The largest absolute Gasteiger partial charge is 0.450 e. The molecule has 2 aromatic carbocycles. The predicted octanol–water partition coefficient (Wildman–Crippen LogP) is 4.59. The highest BCUT2D eigenvalue weighted by Crippen LogP contribution is 2.31. The molecule has 1 N–H and O–H groups in total. The summed E-state index contributed by atoms with van der Waals surface area (Å²) in [6.45, 7) is 4.51. The molecule has 3 nitrogen and oxygen atoms in total. The van der Waals surface area contributed by atoms with E-state index in [4.69, 9.17) is 4.42 Å². The molecule has 3 rings (SSSR count). The number of furan rings is 1. The third-order valence-electron chi connectivity index (χ3n) is 3.87. The van der Waals surface area contributed by atoms with E-state index < -0.39 is 0 Å². The van der Waals surface area contributed by atoms with Crippen molar-refractivity contribution < 1.29 is 9.21 Å². The minimum atomic E-state index is -0.151. The minimum absolute atomic E-state index is 0.151. The van der Waals surface area contributed by atoms with Gasteiger partial charge in [-0.1, -0.05) is 48.6 Å². The van der Waals surface area contributed by atoms with Gasteiger partial charge in [-0.2, -0.15) is 0 Å². The zero-order valence-electron chi connectivity index (χ0n) is 12.8. The Morgan fingerprint density at radius 1 is 1.18 bits per heavy atom. The van der Waals surface area contributed by atoms with Crippen LogP contribution in [0.2, 0.25) is 0 Å². The monoisotopic (exact) mass is 293 g/mol. The van der Waals surface area contributed by atoms with Gasteiger partial charge in [-0.15, -0.1) is 0 Å². The van der Waals surface area contributed by atoms with E-state index in [1.807, 2.05) is 56.3 Å². The predicted molar refractivity (Wildman–Crippen MR) is 90.2 cm³/mol. The number of amides is 1. The molecular weight excluding hydrogens is 274 g/mol. The van der Waals surface area contributed by atoms with Gasteiger partial charge in [0.25, 0.3) is 5.91 Å². The zero-order chi connectivity index (χ0) is 15.5. The standard InChI is InChI=1S/C19H19NO2/c1-3-4-7-12-20-19(21)17-13(2)15-11-10-14-8-5-6-9-16(14)18(15)22-17/h3-6,8-11H,7,12H2,1-2H3,(H,20,21)/b4-3+. The van der Waals surface area contributed by atoms with E-state index in [9.17, 15) is 4.79 Å². The van der Waals surface area contributed by atoms with Crippen LogP contribution in [-0.2, 0) is 0 Å². The summed E-state index contributed by atoms with van der Waals surface area (Å²) in [6.07, 6.45) is 4.83.